The van der Waals surface area contributed by atoms with Crippen molar-refractivity contribution in [3.05, 3.63) is 18.2 Å². The highest BCUT2D eigenvalue weighted by Crippen LogP contribution is 2.29. The van der Waals surface area contributed by atoms with E-state index in [0.717, 1.165) is 5.69 Å². The Kier molecular flexibility index (Phi) is 4.68. The molecule has 6 nitrogen and oxygen atoms in total. The van der Waals surface area contributed by atoms with Gasteiger partial charge in [0, 0.05) is 25.3 Å². The second-order valence-electron chi connectivity index (χ2n) is 4.55. The zero-order valence-corrected chi connectivity index (χ0v) is 11.9. The van der Waals surface area contributed by atoms with Crippen molar-refractivity contribution in [2.45, 2.75) is 13.0 Å². The molecule has 2 rings (SSSR count). The van der Waals surface area contributed by atoms with Gasteiger partial charge in [-0.1, -0.05) is 0 Å². The maximum atomic E-state index is 11.9. The first-order valence-electron chi connectivity index (χ1n) is 6.75. The van der Waals surface area contributed by atoms with Crippen LogP contribution in [0.3, 0.4) is 0 Å². The van der Waals surface area contributed by atoms with Gasteiger partial charge in [-0.25, -0.2) is 0 Å². The van der Waals surface area contributed by atoms with Crippen molar-refractivity contribution in [2.24, 2.45) is 0 Å². The maximum Gasteiger partial charge on any atom is 0.244 e. The van der Waals surface area contributed by atoms with E-state index in [1.807, 2.05) is 24.0 Å². The number of ether oxygens (including phenoxy) is 2. The number of hydrogen-bond donors (Lipinski definition) is 2. The van der Waals surface area contributed by atoms with Crippen LogP contribution in [0.4, 0.5) is 11.4 Å². The van der Waals surface area contributed by atoms with E-state index in [9.17, 15) is 4.79 Å². The fourth-order valence-electron chi connectivity index (χ4n) is 2.28. The van der Waals surface area contributed by atoms with E-state index in [2.05, 4.69) is 5.32 Å². The van der Waals surface area contributed by atoms with Crippen LogP contribution in [0, 0.1) is 0 Å². The normalized spacial score (nSPS) is 18.7. The number of nitrogens with zero attached hydrogens (tertiary/aromatic N) is 1. The minimum Gasteiger partial charge on any atom is -0.492 e. The highest BCUT2D eigenvalue weighted by atomic mass is 16.5. The topological polar surface area (TPSA) is 76.8 Å². The molecule has 1 saturated heterocycles. The van der Waals surface area contributed by atoms with E-state index < -0.39 is 0 Å². The fraction of sp³-hybridized carbons (Fsp3) is 0.500. The molecule has 1 atom stereocenters. The molecule has 1 heterocycles. The Morgan fingerprint density at radius 1 is 1.60 bits per heavy atom. The number of carbonyl (C=O) groups excluding carboxylic acids is 1. The molecule has 0 aliphatic carbocycles. The summed E-state index contributed by atoms with van der Waals surface area (Å²) in [5, 5.41) is 2.67. The molecule has 1 unspecified atom stereocenters. The molecule has 1 amide bonds. The van der Waals surface area contributed by atoms with Gasteiger partial charge in [-0.2, -0.15) is 0 Å². The zero-order chi connectivity index (χ0) is 14.5. The van der Waals surface area contributed by atoms with Crippen molar-refractivity contribution in [3.63, 3.8) is 0 Å². The molecular weight excluding hydrogens is 258 g/mol. The lowest BCUT2D eigenvalue weighted by Crippen LogP contribution is -2.53. The average Bonchev–Trinajstić information content (AvgIpc) is 2.49. The highest BCUT2D eigenvalue weighted by Gasteiger charge is 2.29. The summed E-state index contributed by atoms with van der Waals surface area (Å²) >= 11 is 0. The SMILES string of the molecule is CCOc1cc(N2CCOCC2C(=O)NC)ccc1N. The number of nitrogens with one attached hydrogen (secondary N) is 1. The second kappa shape index (κ2) is 6.47. The Labute approximate surface area is 118 Å². The lowest BCUT2D eigenvalue weighted by molar-refractivity contribution is -0.124. The first-order chi connectivity index (χ1) is 9.67. The standard InChI is InChI=1S/C14H21N3O3/c1-3-20-13-8-10(4-5-11(13)15)17-6-7-19-9-12(17)14(18)16-2/h4-5,8,12H,3,6-7,9,15H2,1-2H3,(H,16,18). The summed E-state index contributed by atoms with van der Waals surface area (Å²) in [5.41, 5.74) is 7.39. The molecule has 0 radical (unpaired) electrons. The predicted molar refractivity (Wildman–Crippen MR) is 78.0 cm³/mol. The first-order valence-corrected chi connectivity index (χ1v) is 6.75. The molecule has 0 aromatic heterocycles. The molecule has 3 N–H and O–H groups in total. The van der Waals surface area contributed by atoms with Gasteiger partial charge in [0.15, 0.2) is 0 Å². The summed E-state index contributed by atoms with van der Waals surface area (Å²) in [6.07, 6.45) is 0. The molecule has 0 saturated carbocycles. The Hall–Kier alpha value is -1.95. The molecule has 6 heteroatoms. The number of nitrogen functional groups attached to an aromatic ring is 1. The minimum atomic E-state index is -0.327. The lowest BCUT2D eigenvalue weighted by atomic mass is 10.1. The van der Waals surface area contributed by atoms with Crippen molar-refractivity contribution in [1.29, 1.82) is 0 Å². The Morgan fingerprint density at radius 2 is 2.40 bits per heavy atom. The number of nitrogens with two attached hydrogens (primary N) is 1. The highest BCUT2D eigenvalue weighted by molar-refractivity contribution is 5.85. The van der Waals surface area contributed by atoms with Gasteiger partial charge in [-0.05, 0) is 19.1 Å². The Morgan fingerprint density at radius 3 is 3.10 bits per heavy atom. The van der Waals surface area contributed by atoms with Gasteiger partial charge in [0.25, 0.3) is 0 Å². The van der Waals surface area contributed by atoms with Crippen molar-refractivity contribution >= 4 is 17.3 Å². The van der Waals surface area contributed by atoms with E-state index >= 15 is 0 Å². The summed E-state index contributed by atoms with van der Waals surface area (Å²) in [6, 6.07) is 5.25. The first kappa shape index (κ1) is 14.5. The van der Waals surface area contributed by atoms with E-state index in [0.29, 0.717) is 37.8 Å². The van der Waals surface area contributed by atoms with Gasteiger partial charge in [-0.3, -0.25) is 4.79 Å². The monoisotopic (exact) mass is 279 g/mol. The van der Waals surface area contributed by atoms with Crippen LogP contribution in [-0.4, -0.2) is 45.4 Å². The number of amides is 1. The van der Waals surface area contributed by atoms with Gasteiger partial charge in [0.05, 0.1) is 25.5 Å². The van der Waals surface area contributed by atoms with Crippen LogP contribution in [0.25, 0.3) is 0 Å². The van der Waals surface area contributed by atoms with Crippen LogP contribution in [0.15, 0.2) is 18.2 Å². The number of hydrogen-bond acceptors (Lipinski definition) is 5. The third-order valence-corrected chi connectivity index (χ3v) is 3.31. The van der Waals surface area contributed by atoms with Gasteiger partial charge < -0.3 is 25.4 Å². The number of anilines is 2. The molecule has 0 bridgehead atoms. The van der Waals surface area contributed by atoms with E-state index in [1.54, 1.807) is 13.1 Å². The Balaban J connectivity index is 2.27. The van der Waals surface area contributed by atoms with Crippen LogP contribution in [0.2, 0.25) is 0 Å². The molecule has 1 aromatic rings. The summed E-state index contributed by atoms with van der Waals surface area (Å²) < 4.78 is 10.9. The van der Waals surface area contributed by atoms with Crippen LogP contribution >= 0.6 is 0 Å². The van der Waals surface area contributed by atoms with Gasteiger partial charge in [0.2, 0.25) is 5.91 Å². The van der Waals surface area contributed by atoms with Crippen molar-refractivity contribution in [1.82, 2.24) is 5.32 Å². The average molecular weight is 279 g/mol. The third kappa shape index (κ3) is 2.96. The number of benzene rings is 1. The van der Waals surface area contributed by atoms with E-state index in [1.165, 1.54) is 0 Å². The molecule has 0 spiro atoms. The molecule has 1 fully saturated rings. The number of likely N-dealkylation sites (N-methyl/N-ethyl adjacent to an activating group) is 1. The predicted octanol–water partition coefficient (Wildman–Crippen LogP) is 0.619. The van der Waals surface area contributed by atoms with Crippen LogP contribution in [0.1, 0.15) is 6.92 Å². The van der Waals surface area contributed by atoms with Gasteiger partial charge in [-0.15, -0.1) is 0 Å². The summed E-state index contributed by atoms with van der Waals surface area (Å²) in [5.74, 6) is 0.589. The van der Waals surface area contributed by atoms with Gasteiger partial charge >= 0.3 is 0 Å². The van der Waals surface area contributed by atoms with E-state index in [-0.39, 0.29) is 11.9 Å². The number of carbonyl (C=O) groups is 1. The van der Waals surface area contributed by atoms with Gasteiger partial charge in [0.1, 0.15) is 11.8 Å². The van der Waals surface area contributed by atoms with Crippen LogP contribution in [0.5, 0.6) is 5.75 Å². The molecule has 1 aromatic carbocycles. The minimum absolute atomic E-state index is 0.0560. The second-order valence-corrected chi connectivity index (χ2v) is 4.55. The smallest absolute Gasteiger partial charge is 0.244 e. The molecule has 110 valence electrons. The molecular formula is C14H21N3O3. The summed E-state index contributed by atoms with van der Waals surface area (Å²) in [6.45, 7) is 4.10. The summed E-state index contributed by atoms with van der Waals surface area (Å²) in [7, 11) is 1.63. The van der Waals surface area contributed by atoms with Crippen LogP contribution < -0.4 is 20.7 Å². The van der Waals surface area contributed by atoms with Crippen LogP contribution in [-0.2, 0) is 9.53 Å². The number of rotatable bonds is 4. The molecule has 1 aliphatic rings. The largest absolute Gasteiger partial charge is 0.492 e. The van der Waals surface area contributed by atoms with E-state index in [4.69, 9.17) is 15.2 Å². The summed E-state index contributed by atoms with van der Waals surface area (Å²) in [4.78, 5) is 14.0. The zero-order valence-electron chi connectivity index (χ0n) is 11.9. The quantitative estimate of drug-likeness (QED) is 0.790. The number of morpholine rings is 1. The maximum absolute atomic E-state index is 11.9. The fourth-order valence-corrected chi connectivity index (χ4v) is 2.28. The Bertz CT molecular complexity index is 479. The van der Waals surface area contributed by atoms with Crippen molar-refractivity contribution in [2.75, 3.05) is 44.0 Å². The third-order valence-electron chi connectivity index (χ3n) is 3.31. The van der Waals surface area contributed by atoms with Crippen molar-refractivity contribution < 1.29 is 14.3 Å². The molecule has 20 heavy (non-hydrogen) atoms. The molecule has 1 aliphatic heterocycles. The lowest BCUT2D eigenvalue weighted by Gasteiger charge is -2.36. The van der Waals surface area contributed by atoms with Crippen molar-refractivity contribution in [3.8, 4) is 5.75 Å².